The summed E-state index contributed by atoms with van der Waals surface area (Å²) in [6, 6.07) is 23.3. The van der Waals surface area contributed by atoms with Crippen molar-refractivity contribution in [3.05, 3.63) is 101 Å². The molecule has 168 valence electrons. The van der Waals surface area contributed by atoms with Gasteiger partial charge in [0.1, 0.15) is 11.0 Å². The van der Waals surface area contributed by atoms with Crippen LogP contribution in [0.15, 0.2) is 82.4 Å². The lowest BCUT2D eigenvalue weighted by atomic mass is 10.1. The Morgan fingerprint density at radius 2 is 1.79 bits per heavy atom. The number of aromatic nitrogens is 2. The number of hydrogen-bond donors (Lipinski definition) is 1. The van der Waals surface area contributed by atoms with Crippen LogP contribution < -0.4 is 10.1 Å². The van der Waals surface area contributed by atoms with E-state index in [-0.39, 0.29) is 5.91 Å². The molecule has 0 fully saturated rings. The van der Waals surface area contributed by atoms with Crippen molar-refractivity contribution in [1.82, 2.24) is 10.2 Å². The van der Waals surface area contributed by atoms with Crippen LogP contribution in [0.25, 0.3) is 0 Å². The molecule has 3 aromatic carbocycles. The van der Waals surface area contributed by atoms with Gasteiger partial charge in [0.15, 0.2) is 0 Å². The first kappa shape index (κ1) is 22.6. The first-order valence-electron chi connectivity index (χ1n) is 10.6. The molecule has 1 heterocycles. The lowest BCUT2D eigenvalue weighted by molar-refractivity contribution is -0.115. The predicted molar refractivity (Wildman–Crippen MR) is 130 cm³/mol. The molecule has 0 unspecified atom stereocenters. The normalized spacial score (nSPS) is 11.7. The lowest BCUT2D eigenvalue weighted by Crippen LogP contribution is -2.19. The summed E-state index contributed by atoms with van der Waals surface area (Å²) in [5.41, 5.74) is 4.78. The Morgan fingerprint density at radius 1 is 1.03 bits per heavy atom. The van der Waals surface area contributed by atoms with E-state index in [4.69, 9.17) is 9.15 Å². The number of rotatable bonds is 8. The molecule has 0 spiro atoms. The minimum Gasteiger partial charge on any atom is -0.497 e. The smallest absolute Gasteiger partial charge is 0.277 e. The van der Waals surface area contributed by atoms with Crippen molar-refractivity contribution >= 4 is 23.4 Å². The summed E-state index contributed by atoms with van der Waals surface area (Å²) >= 11 is 1.24. The van der Waals surface area contributed by atoms with Crippen LogP contribution in [0.2, 0.25) is 0 Å². The number of ether oxygens (including phenoxy) is 1. The molecule has 0 saturated heterocycles. The monoisotopic (exact) mass is 459 g/mol. The average Bonchev–Trinajstić information content (AvgIpc) is 3.27. The molecule has 4 rings (SSSR count). The van der Waals surface area contributed by atoms with Gasteiger partial charge in [0.2, 0.25) is 11.8 Å². The molecule has 0 aliphatic carbocycles. The number of thioether (sulfide) groups is 1. The van der Waals surface area contributed by atoms with Gasteiger partial charge in [-0.05, 0) is 66.1 Å². The van der Waals surface area contributed by atoms with Crippen LogP contribution >= 0.6 is 11.8 Å². The molecule has 0 aliphatic heterocycles. The molecule has 1 amide bonds. The molecule has 4 aromatic rings. The summed E-state index contributed by atoms with van der Waals surface area (Å²) in [6.45, 7) is 3.98. The van der Waals surface area contributed by atoms with Gasteiger partial charge in [-0.15, -0.1) is 10.2 Å². The third-order valence-corrected chi connectivity index (χ3v) is 6.26. The van der Waals surface area contributed by atoms with Crippen LogP contribution in [-0.4, -0.2) is 23.2 Å². The van der Waals surface area contributed by atoms with Crippen LogP contribution in [-0.2, 0) is 11.2 Å². The van der Waals surface area contributed by atoms with Crippen molar-refractivity contribution in [2.24, 2.45) is 0 Å². The largest absolute Gasteiger partial charge is 0.497 e. The molecule has 1 N–H and O–H groups in total. The average molecular weight is 460 g/mol. The minimum absolute atomic E-state index is 0.144. The third kappa shape index (κ3) is 5.81. The lowest BCUT2D eigenvalue weighted by Gasteiger charge is -2.16. The van der Waals surface area contributed by atoms with Gasteiger partial charge < -0.3 is 14.5 Å². The van der Waals surface area contributed by atoms with Gasteiger partial charge >= 0.3 is 0 Å². The zero-order valence-corrected chi connectivity index (χ0v) is 19.6. The minimum atomic E-state index is -0.541. The van der Waals surface area contributed by atoms with E-state index in [1.54, 1.807) is 7.11 Å². The number of anilines is 1. The zero-order valence-electron chi connectivity index (χ0n) is 18.7. The summed E-state index contributed by atoms with van der Waals surface area (Å²) in [7, 11) is 1.64. The van der Waals surface area contributed by atoms with Crippen LogP contribution in [0.4, 0.5) is 5.69 Å². The fourth-order valence-corrected chi connectivity index (χ4v) is 4.24. The second-order valence-electron chi connectivity index (χ2n) is 7.70. The number of carbonyl (C=O) groups is 1. The molecule has 7 heteroatoms. The summed E-state index contributed by atoms with van der Waals surface area (Å²) in [4.78, 5) is 13.3. The number of aryl methyl sites for hydroxylation is 2. The summed E-state index contributed by atoms with van der Waals surface area (Å²) in [5.74, 6) is 1.14. The van der Waals surface area contributed by atoms with E-state index in [0.717, 1.165) is 33.7 Å². The van der Waals surface area contributed by atoms with E-state index in [9.17, 15) is 4.79 Å². The van der Waals surface area contributed by atoms with Gasteiger partial charge in [0.25, 0.3) is 5.22 Å². The van der Waals surface area contributed by atoms with Crippen molar-refractivity contribution in [3.63, 3.8) is 0 Å². The maximum Gasteiger partial charge on any atom is 0.277 e. The van der Waals surface area contributed by atoms with Crippen molar-refractivity contribution < 1.29 is 13.9 Å². The fourth-order valence-electron chi connectivity index (χ4n) is 3.35. The standard InChI is InChI=1S/C26H25N3O3S/c1-17-9-10-18(2)22(15-17)27-25(30)24(20-7-5-4-6-8-20)33-26-29-28-23(32-26)16-19-11-13-21(31-3)14-12-19/h4-15,24H,16H2,1-3H3,(H,27,30)/t24-/m0/s1. The fraction of sp³-hybridized carbons (Fsp3) is 0.192. The van der Waals surface area contributed by atoms with Crippen LogP contribution in [0.3, 0.4) is 0 Å². The van der Waals surface area contributed by atoms with E-state index in [2.05, 4.69) is 15.5 Å². The second kappa shape index (κ2) is 10.4. The van der Waals surface area contributed by atoms with Gasteiger partial charge in [0.05, 0.1) is 13.5 Å². The van der Waals surface area contributed by atoms with E-state index in [1.165, 1.54) is 11.8 Å². The van der Waals surface area contributed by atoms with E-state index < -0.39 is 5.25 Å². The van der Waals surface area contributed by atoms with Crippen LogP contribution in [0, 0.1) is 13.8 Å². The number of benzene rings is 3. The molecule has 6 nitrogen and oxygen atoms in total. The van der Waals surface area contributed by atoms with Gasteiger partial charge in [-0.25, -0.2) is 0 Å². The van der Waals surface area contributed by atoms with Crippen molar-refractivity contribution in [3.8, 4) is 5.75 Å². The first-order valence-corrected chi connectivity index (χ1v) is 11.4. The van der Waals surface area contributed by atoms with Gasteiger partial charge in [0, 0.05) is 5.69 Å². The molecule has 0 bridgehead atoms. The summed E-state index contributed by atoms with van der Waals surface area (Å²) in [5, 5.41) is 11.2. The number of hydrogen-bond acceptors (Lipinski definition) is 6. The molecular formula is C26H25N3O3S. The third-order valence-electron chi connectivity index (χ3n) is 5.17. The zero-order chi connectivity index (χ0) is 23.2. The number of nitrogens with one attached hydrogen (secondary N) is 1. The highest BCUT2D eigenvalue weighted by Crippen LogP contribution is 2.36. The van der Waals surface area contributed by atoms with Crippen molar-refractivity contribution in [1.29, 1.82) is 0 Å². The Balaban J connectivity index is 1.52. The molecule has 1 aromatic heterocycles. The molecule has 1 atom stereocenters. The first-order chi connectivity index (χ1) is 16.0. The second-order valence-corrected chi connectivity index (χ2v) is 8.76. The maximum absolute atomic E-state index is 13.3. The molecule has 33 heavy (non-hydrogen) atoms. The van der Waals surface area contributed by atoms with E-state index in [1.807, 2.05) is 86.6 Å². The predicted octanol–water partition coefficient (Wildman–Crippen LogP) is 5.76. The molecule has 0 saturated carbocycles. The van der Waals surface area contributed by atoms with Gasteiger partial charge in [-0.3, -0.25) is 4.79 Å². The topological polar surface area (TPSA) is 77.2 Å². The SMILES string of the molecule is COc1ccc(Cc2nnc(S[C@H](C(=O)Nc3cc(C)ccc3C)c3ccccc3)o2)cc1. The van der Waals surface area contributed by atoms with E-state index >= 15 is 0 Å². The molecule has 0 radical (unpaired) electrons. The molecule has 0 aliphatic rings. The number of carbonyl (C=O) groups excluding carboxylic acids is 1. The number of methoxy groups -OCH3 is 1. The summed E-state index contributed by atoms with van der Waals surface area (Å²) in [6.07, 6.45) is 0.502. The Bertz CT molecular complexity index is 1220. The van der Waals surface area contributed by atoms with Crippen LogP contribution in [0.5, 0.6) is 5.75 Å². The van der Waals surface area contributed by atoms with Crippen LogP contribution in [0.1, 0.15) is 33.4 Å². The molecular weight excluding hydrogens is 434 g/mol. The van der Waals surface area contributed by atoms with E-state index in [0.29, 0.717) is 17.5 Å². The highest BCUT2D eigenvalue weighted by Gasteiger charge is 2.25. The van der Waals surface area contributed by atoms with Gasteiger partial charge in [-0.2, -0.15) is 0 Å². The van der Waals surface area contributed by atoms with Gasteiger partial charge in [-0.1, -0.05) is 54.6 Å². The highest BCUT2D eigenvalue weighted by molar-refractivity contribution is 8.00. The Kier molecular flexibility index (Phi) is 7.10. The number of amides is 1. The highest BCUT2D eigenvalue weighted by atomic mass is 32.2. The van der Waals surface area contributed by atoms with Crippen molar-refractivity contribution in [2.45, 2.75) is 30.7 Å². The summed E-state index contributed by atoms with van der Waals surface area (Å²) < 4.78 is 11.1. The Morgan fingerprint density at radius 3 is 2.52 bits per heavy atom. The van der Waals surface area contributed by atoms with Crippen molar-refractivity contribution in [2.75, 3.05) is 12.4 Å². The number of nitrogens with zero attached hydrogens (tertiary/aromatic N) is 2. The quantitative estimate of drug-likeness (QED) is 0.338. The maximum atomic E-state index is 13.3. The Labute approximate surface area is 197 Å². The Hall–Kier alpha value is -3.58.